The molecule has 0 rings (SSSR count). The Hall–Kier alpha value is 0.310. The number of thioether (sulfide) groups is 1. The van der Waals surface area contributed by atoms with Gasteiger partial charge in [-0.15, -0.1) is 24.0 Å². The van der Waals surface area contributed by atoms with Gasteiger partial charge in [-0.05, 0) is 33.4 Å². The summed E-state index contributed by atoms with van der Waals surface area (Å²) in [7, 11) is 1.72. The highest BCUT2D eigenvalue weighted by Gasteiger charge is 2.15. The fourth-order valence-corrected chi connectivity index (χ4v) is 1.29. The Morgan fingerprint density at radius 2 is 2.00 bits per heavy atom. The van der Waals surface area contributed by atoms with Crippen LogP contribution in [-0.2, 0) is 4.74 Å². The van der Waals surface area contributed by atoms with E-state index in [9.17, 15) is 0 Å². The highest BCUT2D eigenvalue weighted by molar-refractivity contribution is 14.0. The quantitative estimate of drug-likeness (QED) is 0.290. The molecule has 0 aromatic carbocycles. The van der Waals surface area contributed by atoms with Crippen molar-refractivity contribution in [3.8, 4) is 0 Å². The standard InChI is InChI=1S/C12H27N3OS.HI/c1-6-13-11(14-8-7-9-16-4)15-10-12(2,3)17-5;/h6-10H2,1-5H3,(H2,13,14,15);1H. The normalized spacial score (nSPS) is 11.9. The monoisotopic (exact) mass is 389 g/mol. The van der Waals surface area contributed by atoms with Crippen molar-refractivity contribution in [2.24, 2.45) is 4.99 Å². The van der Waals surface area contributed by atoms with E-state index < -0.39 is 0 Å². The van der Waals surface area contributed by atoms with Gasteiger partial charge >= 0.3 is 0 Å². The summed E-state index contributed by atoms with van der Waals surface area (Å²) in [5.41, 5.74) is 0. The molecule has 110 valence electrons. The van der Waals surface area contributed by atoms with Gasteiger partial charge in [0.2, 0.25) is 0 Å². The predicted octanol–water partition coefficient (Wildman–Crippen LogP) is 2.34. The molecule has 0 spiro atoms. The van der Waals surface area contributed by atoms with Crippen LogP contribution in [0, 0.1) is 0 Å². The number of aliphatic imine (C=N–C) groups is 1. The Bertz CT molecular complexity index is 225. The fourth-order valence-electron chi connectivity index (χ4n) is 1.10. The molecule has 0 amide bonds. The molecular formula is C12H28IN3OS. The number of guanidine groups is 1. The molecule has 0 heterocycles. The van der Waals surface area contributed by atoms with E-state index in [0.717, 1.165) is 38.6 Å². The molecule has 0 saturated heterocycles. The minimum atomic E-state index is 0. The number of nitrogens with one attached hydrogen (secondary N) is 2. The van der Waals surface area contributed by atoms with Crippen molar-refractivity contribution < 1.29 is 4.74 Å². The van der Waals surface area contributed by atoms with E-state index >= 15 is 0 Å². The largest absolute Gasteiger partial charge is 0.385 e. The lowest BCUT2D eigenvalue weighted by Crippen LogP contribution is -2.39. The van der Waals surface area contributed by atoms with Gasteiger partial charge in [-0.1, -0.05) is 0 Å². The third-order valence-electron chi connectivity index (χ3n) is 2.33. The average Bonchev–Trinajstić information content (AvgIpc) is 2.31. The highest BCUT2D eigenvalue weighted by Crippen LogP contribution is 2.20. The average molecular weight is 389 g/mol. The molecule has 0 radical (unpaired) electrons. The molecule has 0 aliphatic rings. The summed E-state index contributed by atoms with van der Waals surface area (Å²) in [6, 6.07) is 0. The third kappa shape index (κ3) is 11.4. The number of methoxy groups -OCH3 is 1. The Kier molecular flexibility index (Phi) is 14.1. The summed E-state index contributed by atoms with van der Waals surface area (Å²) < 4.78 is 5.20. The van der Waals surface area contributed by atoms with Gasteiger partial charge in [0.1, 0.15) is 0 Å². The van der Waals surface area contributed by atoms with Gasteiger partial charge < -0.3 is 15.4 Å². The first-order valence-electron chi connectivity index (χ1n) is 6.12. The van der Waals surface area contributed by atoms with Crippen molar-refractivity contribution in [1.82, 2.24) is 10.6 Å². The third-order valence-corrected chi connectivity index (χ3v) is 3.57. The molecule has 4 nitrogen and oxygen atoms in total. The highest BCUT2D eigenvalue weighted by atomic mass is 127. The summed E-state index contributed by atoms with van der Waals surface area (Å²) in [4.78, 5) is 4.59. The van der Waals surface area contributed by atoms with Gasteiger partial charge in [-0.25, -0.2) is 0 Å². The van der Waals surface area contributed by atoms with Crippen molar-refractivity contribution in [3.05, 3.63) is 0 Å². The molecule has 0 aliphatic heterocycles. The molecule has 0 fully saturated rings. The lowest BCUT2D eigenvalue weighted by Gasteiger charge is -2.20. The van der Waals surface area contributed by atoms with Crippen LogP contribution in [0.25, 0.3) is 0 Å². The summed E-state index contributed by atoms with van der Waals surface area (Å²) in [5.74, 6) is 0.894. The second kappa shape index (κ2) is 12.3. The molecule has 0 atom stereocenters. The number of halogens is 1. The lowest BCUT2D eigenvalue weighted by molar-refractivity contribution is 0.195. The fraction of sp³-hybridized carbons (Fsp3) is 0.917. The maximum atomic E-state index is 5.01. The molecule has 2 N–H and O–H groups in total. The van der Waals surface area contributed by atoms with Crippen molar-refractivity contribution >= 4 is 41.7 Å². The van der Waals surface area contributed by atoms with Crippen LogP contribution >= 0.6 is 35.7 Å². The van der Waals surface area contributed by atoms with Crippen molar-refractivity contribution in [2.75, 3.05) is 39.6 Å². The number of nitrogens with zero attached hydrogens (tertiary/aromatic N) is 1. The van der Waals surface area contributed by atoms with Crippen LogP contribution in [0.2, 0.25) is 0 Å². The van der Waals surface area contributed by atoms with Crippen LogP contribution in [0.1, 0.15) is 27.2 Å². The second-order valence-electron chi connectivity index (χ2n) is 4.43. The Labute approximate surface area is 133 Å². The van der Waals surface area contributed by atoms with Crippen molar-refractivity contribution in [1.29, 1.82) is 0 Å². The first-order valence-corrected chi connectivity index (χ1v) is 7.34. The second-order valence-corrected chi connectivity index (χ2v) is 5.95. The van der Waals surface area contributed by atoms with Crippen molar-refractivity contribution in [2.45, 2.75) is 31.9 Å². The van der Waals surface area contributed by atoms with Crippen LogP contribution in [0.15, 0.2) is 4.99 Å². The van der Waals surface area contributed by atoms with Gasteiger partial charge in [0.25, 0.3) is 0 Å². The van der Waals surface area contributed by atoms with Gasteiger partial charge in [-0.3, -0.25) is 4.99 Å². The first-order chi connectivity index (χ1) is 8.05. The molecule has 0 saturated carbocycles. The van der Waals surface area contributed by atoms with E-state index in [2.05, 4.69) is 42.7 Å². The van der Waals surface area contributed by atoms with Crippen LogP contribution in [0.5, 0.6) is 0 Å². The maximum Gasteiger partial charge on any atom is 0.191 e. The molecular weight excluding hydrogens is 361 g/mol. The predicted molar refractivity (Wildman–Crippen MR) is 93.5 cm³/mol. The van der Waals surface area contributed by atoms with Crippen LogP contribution in [0.3, 0.4) is 0 Å². The minimum absolute atomic E-state index is 0. The van der Waals surface area contributed by atoms with E-state index in [1.54, 1.807) is 7.11 Å². The molecule has 0 aliphatic carbocycles. The Morgan fingerprint density at radius 1 is 1.33 bits per heavy atom. The zero-order chi connectivity index (χ0) is 13.1. The zero-order valence-corrected chi connectivity index (χ0v) is 15.4. The van der Waals surface area contributed by atoms with E-state index in [-0.39, 0.29) is 28.7 Å². The van der Waals surface area contributed by atoms with Gasteiger partial charge in [-0.2, -0.15) is 11.8 Å². The van der Waals surface area contributed by atoms with Gasteiger partial charge in [0, 0.05) is 31.6 Å². The van der Waals surface area contributed by atoms with Crippen LogP contribution in [-0.4, -0.2) is 50.3 Å². The Morgan fingerprint density at radius 3 is 2.50 bits per heavy atom. The van der Waals surface area contributed by atoms with Crippen molar-refractivity contribution in [3.63, 3.8) is 0 Å². The van der Waals surface area contributed by atoms with E-state index in [1.165, 1.54) is 0 Å². The summed E-state index contributed by atoms with van der Waals surface area (Å²) in [5, 5.41) is 6.55. The summed E-state index contributed by atoms with van der Waals surface area (Å²) >= 11 is 1.84. The van der Waals surface area contributed by atoms with Crippen LogP contribution < -0.4 is 10.6 Å². The molecule has 0 aromatic heterocycles. The van der Waals surface area contributed by atoms with E-state index in [0.29, 0.717) is 0 Å². The number of hydrogen-bond acceptors (Lipinski definition) is 3. The maximum absolute atomic E-state index is 5.01. The molecule has 0 bridgehead atoms. The lowest BCUT2D eigenvalue weighted by atomic mass is 10.2. The van der Waals surface area contributed by atoms with E-state index in [1.807, 2.05) is 11.8 Å². The molecule has 0 aromatic rings. The molecule has 6 heteroatoms. The van der Waals surface area contributed by atoms with Gasteiger partial charge in [0.05, 0.1) is 6.54 Å². The number of rotatable bonds is 8. The number of ether oxygens (including phenoxy) is 1. The van der Waals surface area contributed by atoms with Crippen LogP contribution in [0.4, 0.5) is 0 Å². The minimum Gasteiger partial charge on any atom is -0.385 e. The first kappa shape index (κ1) is 20.6. The molecule has 18 heavy (non-hydrogen) atoms. The summed E-state index contributed by atoms with van der Waals surface area (Å²) in [6.45, 7) is 9.85. The topological polar surface area (TPSA) is 45.7 Å². The zero-order valence-electron chi connectivity index (χ0n) is 12.2. The molecule has 0 unspecified atom stereocenters. The number of hydrogen-bond donors (Lipinski definition) is 2. The Balaban J connectivity index is 0. The van der Waals surface area contributed by atoms with Gasteiger partial charge in [0.15, 0.2) is 5.96 Å². The summed E-state index contributed by atoms with van der Waals surface area (Å²) in [6.07, 6.45) is 3.11. The smallest absolute Gasteiger partial charge is 0.191 e. The SMILES string of the molecule is CCNC(=NCC(C)(C)SC)NCCCOC.I. The van der Waals surface area contributed by atoms with E-state index in [4.69, 9.17) is 4.74 Å².